The first-order chi connectivity index (χ1) is 5.77. The van der Waals surface area contributed by atoms with Gasteiger partial charge in [0.15, 0.2) is 0 Å². The van der Waals surface area contributed by atoms with Gasteiger partial charge in [-0.25, -0.2) is 0 Å². The van der Waals surface area contributed by atoms with Crippen LogP contribution in [0, 0.1) is 0 Å². The van der Waals surface area contributed by atoms with E-state index < -0.39 is 10.4 Å². The Balaban J connectivity index is 0. The maximum Gasteiger partial charge on any atom is 0.394 e. The summed E-state index contributed by atoms with van der Waals surface area (Å²) in [5.74, 6) is 0. The van der Waals surface area contributed by atoms with Gasteiger partial charge in [-0.3, -0.25) is 9.11 Å². The molecule has 0 saturated heterocycles. The van der Waals surface area contributed by atoms with Gasteiger partial charge in [0.1, 0.15) is 0 Å². The molecule has 0 heterocycles. The first-order valence-corrected chi connectivity index (χ1v) is 5.51. The van der Waals surface area contributed by atoms with Gasteiger partial charge in [-0.05, 0) is 27.1 Å². The van der Waals surface area contributed by atoms with Crippen molar-refractivity contribution in [1.29, 1.82) is 0 Å². The highest BCUT2D eigenvalue weighted by Gasteiger charge is 1.86. The van der Waals surface area contributed by atoms with E-state index >= 15 is 0 Å². The van der Waals surface area contributed by atoms with E-state index in [4.69, 9.17) is 17.5 Å². The van der Waals surface area contributed by atoms with Crippen molar-refractivity contribution in [2.45, 2.75) is 26.2 Å². The van der Waals surface area contributed by atoms with E-state index in [1.54, 1.807) is 0 Å². The Morgan fingerprint density at radius 3 is 1.77 bits per heavy atom. The van der Waals surface area contributed by atoms with Gasteiger partial charge in [-0.15, -0.1) is 0 Å². The molecule has 2 N–H and O–H groups in total. The summed E-state index contributed by atoms with van der Waals surface area (Å²) in [5, 5.41) is 0. The molecule has 0 atom stereocenters. The standard InChI is InChI=1S/C7H17N.H2O4S/c1-4-5-6-7-8(2)3;1-5(2,3)4/h4-7H2,1-3H3;(H2,1,2,3,4). The summed E-state index contributed by atoms with van der Waals surface area (Å²) < 4.78 is 31.6. The Kier molecular flexibility index (Phi) is 9.93. The zero-order valence-corrected chi connectivity index (χ0v) is 9.21. The van der Waals surface area contributed by atoms with Crippen molar-refractivity contribution in [3.63, 3.8) is 0 Å². The molecule has 13 heavy (non-hydrogen) atoms. The van der Waals surface area contributed by atoms with Gasteiger partial charge < -0.3 is 4.90 Å². The van der Waals surface area contributed by atoms with Crippen molar-refractivity contribution in [2.75, 3.05) is 20.6 Å². The Labute approximate surface area is 80.3 Å². The van der Waals surface area contributed by atoms with Crippen LogP contribution in [0.3, 0.4) is 0 Å². The number of hydrogen-bond donors (Lipinski definition) is 2. The second-order valence-corrected chi connectivity index (χ2v) is 3.85. The highest BCUT2D eigenvalue weighted by atomic mass is 32.3. The van der Waals surface area contributed by atoms with Crippen LogP contribution in [0.4, 0.5) is 0 Å². The molecule has 0 spiro atoms. The monoisotopic (exact) mass is 213 g/mol. The molecule has 0 unspecified atom stereocenters. The molecule has 6 heteroatoms. The van der Waals surface area contributed by atoms with Crippen LogP contribution in [0.2, 0.25) is 0 Å². The second kappa shape index (κ2) is 8.43. The predicted octanol–water partition coefficient (Wildman–Crippen LogP) is 1.09. The smallest absolute Gasteiger partial charge is 0.309 e. The van der Waals surface area contributed by atoms with Crippen molar-refractivity contribution in [1.82, 2.24) is 4.90 Å². The third kappa shape index (κ3) is 49.0. The first-order valence-electron chi connectivity index (χ1n) is 4.12. The van der Waals surface area contributed by atoms with Crippen molar-refractivity contribution >= 4 is 10.4 Å². The quantitative estimate of drug-likeness (QED) is 0.540. The fourth-order valence-electron chi connectivity index (χ4n) is 0.678. The molecule has 0 aromatic rings. The van der Waals surface area contributed by atoms with Gasteiger partial charge in [-0.2, -0.15) is 8.42 Å². The molecule has 0 rings (SSSR count). The van der Waals surface area contributed by atoms with Crippen LogP contribution in [0.5, 0.6) is 0 Å². The van der Waals surface area contributed by atoms with E-state index in [9.17, 15) is 0 Å². The molecule has 82 valence electrons. The molecule has 0 bridgehead atoms. The summed E-state index contributed by atoms with van der Waals surface area (Å²) in [6, 6.07) is 0. The van der Waals surface area contributed by atoms with Gasteiger partial charge in [-0.1, -0.05) is 19.8 Å². The third-order valence-electron chi connectivity index (χ3n) is 1.21. The minimum Gasteiger partial charge on any atom is -0.309 e. The molecule has 0 aliphatic carbocycles. The summed E-state index contributed by atoms with van der Waals surface area (Å²) in [6.07, 6.45) is 4.05. The maximum atomic E-state index is 8.74. The normalized spacial score (nSPS) is 10.9. The molecule has 0 radical (unpaired) electrons. The van der Waals surface area contributed by atoms with E-state index in [-0.39, 0.29) is 0 Å². The molecule has 0 aliphatic rings. The van der Waals surface area contributed by atoms with Crippen LogP contribution in [-0.2, 0) is 10.4 Å². The lowest BCUT2D eigenvalue weighted by molar-refractivity contribution is 0.381. The van der Waals surface area contributed by atoms with Crippen LogP contribution in [0.1, 0.15) is 26.2 Å². The van der Waals surface area contributed by atoms with E-state index in [0.29, 0.717) is 0 Å². The zero-order valence-electron chi connectivity index (χ0n) is 8.39. The van der Waals surface area contributed by atoms with Crippen LogP contribution < -0.4 is 0 Å². The molecular formula is C7H19NO4S. The number of hydrogen-bond acceptors (Lipinski definition) is 3. The average Bonchev–Trinajstić information content (AvgIpc) is 1.83. The highest BCUT2D eigenvalue weighted by molar-refractivity contribution is 7.79. The Morgan fingerprint density at radius 2 is 1.54 bits per heavy atom. The second-order valence-electron chi connectivity index (χ2n) is 2.96. The first kappa shape index (κ1) is 15.3. The minimum atomic E-state index is -4.67. The Hall–Kier alpha value is -0.170. The van der Waals surface area contributed by atoms with E-state index in [2.05, 4.69) is 25.9 Å². The molecule has 5 nitrogen and oxygen atoms in total. The lowest BCUT2D eigenvalue weighted by Crippen LogP contribution is -2.12. The maximum absolute atomic E-state index is 8.74. The van der Waals surface area contributed by atoms with Gasteiger partial charge in [0, 0.05) is 0 Å². The van der Waals surface area contributed by atoms with Crippen molar-refractivity contribution in [3.05, 3.63) is 0 Å². The van der Waals surface area contributed by atoms with Crippen LogP contribution >= 0.6 is 0 Å². The molecule has 0 aliphatic heterocycles. The molecular weight excluding hydrogens is 194 g/mol. The third-order valence-corrected chi connectivity index (χ3v) is 1.21. The average molecular weight is 213 g/mol. The molecule has 0 aromatic heterocycles. The zero-order chi connectivity index (χ0) is 10.9. The SMILES string of the molecule is CCCCCN(C)C.O=S(=O)(O)O. The lowest BCUT2D eigenvalue weighted by atomic mass is 10.2. The summed E-state index contributed by atoms with van der Waals surface area (Å²) in [5.41, 5.74) is 0. The summed E-state index contributed by atoms with van der Waals surface area (Å²) in [6.45, 7) is 3.48. The molecule has 0 saturated carbocycles. The minimum absolute atomic E-state index is 1.24. The van der Waals surface area contributed by atoms with Gasteiger partial charge in [0.25, 0.3) is 0 Å². The molecule has 0 amide bonds. The predicted molar refractivity (Wildman–Crippen MR) is 52.3 cm³/mol. The van der Waals surface area contributed by atoms with Gasteiger partial charge in [0.2, 0.25) is 0 Å². The fourth-order valence-corrected chi connectivity index (χ4v) is 0.678. The Bertz CT molecular complexity index is 181. The van der Waals surface area contributed by atoms with Crippen molar-refractivity contribution in [2.24, 2.45) is 0 Å². The fraction of sp³-hybridized carbons (Fsp3) is 1.00. The topological polar surface area (TPSA) is 77.8 Å². The highest BCUT2D eigenvalue weighted by Crippen LogP contribution is 1.93. The number of rotatable bonds is 4. The molecule has 0 fully saturated rings. The van der Waals surface area contributed by atoms with Crippen LogP contribution in [-0.4, -0.2) is 43.1 Å². The Morgan fingerprint density at radius 1 is 1.15 bits per heavy atom. The number of nitrogens with zero attached hydrogens (tertiary/aromatic N) is 1. The van der Waals surface area contributed by atoms with Crippen LogP contribution in [0.15, 0.2) is 0 Å². The van der Waals surface area contributed by atoms with Gasteiger partial charge in [0.05, 0.1) is 0 Å². The summed E-state index contributed by atoms with van der Waals surface area (Å²) in [4.78, 5) is 2.23. The van der Waals surface area contributed by atoms with E-state index in [1.807, 2.05) is 0 Å². The van der Waals surface area contributed by atoms with Gasteiger partial charge >= 0.3 is 10.4 Å². The summed E-state index contributed by atoms with van der Waals surface area (Å²) in [7, 11) is -0.425. The summed E-state index contributed by atoms with van der Waals surface area (Å²) >= 11 is 0. The van der Waals surface area contributed by atoms with E-state index in [0.717, 1.165) is 0 Å². The van der Waals surface area contributed by atoms with E-state index in [1.165, 1.54) is 25.8 Å². The van der Waals surface area contributed by atoms with Crippen molar-refractivity contribution in [3.8, 4) is 0 Å². The lowest BCUT2D eigenvalue weighted by Gasteiger charge is -2.06. The van der Waals surface area contributed by atoms with Crippen molar-refractivity contribution < 1.29 is 17.5 Å². The molecule has 0 aromatic carbocycles. The largest absolute Gasteiger partial charge is 0.394 e. The van der Waals surface area contributed by atoms with Crippen LogP contribution in [0.25, 0.3) is 0 Å². The number of unbranched alkanes of at least 4 members (excludes halogenated alkanes) is 2.